The summed E-state index contributed by atoms with van der Waals surface area (Å²) in [6.45, 7) is 4.78. The second-order valence-corrected chi connectivity index (χ2v) is 6.48. The zero-order valence-corrected chi connectivity index (χ0v) is 12.7. The molecular formula is C15H30N4O. The van der Waals surface area contributed by atoms with E-state index < -0.39 is 0 Å². The molecule has 5 heteroatoms. The molecule has 0 bridgehead atoms. The summed E-state index contributed by atoms with van der Waals surface area (Å²) in [5, 5.41) is 10.5. The largest absolute Gasteiger partial charge is 0.337 e. The Morgan fingerprint density at radius 2 is 1.70 bits per heavy atom. The molecule has 0 amide bonds. The molecule has 2 unspecified atom stereocenters. The summed E-state index contributed by atoms with van der Waals surface area (Å²) in [6.07, 6.45) is 8.36. The number of hydrogen-bond donors (Lipinski definition) is 3. The Morgan fingerprint density at radius 3 is 2.40 bits per heavy atom. The van der Waals surface area contributed by atoms with Crippen LogP contribution in [0.25, 0.3) is 0 Å². The van der Waals surface area contributed by atoms with Crippen LogP contribution in [0.4, 0.5) is 0 Å². The van der Waals surface area contributed by atoms with Gasteiger partial charge in [0.15, 0.2) is 12.5 Å². The zero-order valence-electron chi connectivity index (χ0n) is 12.7. The molecule has 3 N–H and O–H groups in total. The van der Waals surface area contributed by atoms with E-state index in [1.807, 2.05) is 0 Å². The van der Waals surface area contributed by atoms with Crippen molar-refractivity contribution in [3.05, 3.63) is 0 Å². The van der Waals surface area contributed by atoms with Crippen LogP contribution in [0.2, 0.25) is 0 Å². The van der Waals surface area contributed by atoms with Crippen molar-refractivity contribution in [2.75, 3.05) is 33.2 Å². The first-order valence-corrected chi connectivity index (χ1v) is 8.39. The molecule has 2 heterocycles. The Bertz CT molecular complexity index is 288. The molecule has 1 aliphatic carbocycles. The van der Waals surface area contributed by atoms with Gasteiger partial charge in [0.1, 0.15) is 0 Å². The van der Waals surface area contributed by atoms with Crippen molar-refractivity contribution in [3.63, 3.8) is 0 Å². The van der Waals surface area contributed by atoms with Crippen LogP contribution in [0.1, 0.15) is 38.5 Å². The molecule has 3 rings (SSSR count). The van der Waals surface area contributed by atoms with E-state index in [0.717, 1.165) is 12.6 Å². The highest BCUT2D eigenvalue weighted by Gasteiger charge is 2.40. The van der Waals surface area contributed by atoms with Gasteiger partial charge in [-0.25, -0.2) is 0 Å². The quantitative estimate of drug-likeness (QED) is 0.593. The van der Waals surface area contributed by atoms with Crippen LogP contribution >= 0.6 is 0 Å². The molecule has 0 aromatic carbocycles. The summed E-state index contributed by atoms with van der Waals surface area (Å²) >= 11 is 0. The number of epoxide rings is 1. The average Bonchev–Trinajstić information content (AvgIpc) is 3.00. The standard InChI is InChI=1S/C15H30N4O/c1-16-12-4-6-13(7-5-12)18-15-14(20-15)17-8-11-19-9-2-3-10-19/h12-18H,2-11H2,1H3. The molecule has 3 fully saturated rings. The van der Waals surface area contributed by atoms with Gasteiger partial charge in [-0.1, -0.05) is 0 Å². The fourth-order valence-electron chi connectivity index (χ4n) is 3.55. The average molecular weight is 282 g/mol. The van der Waals surface area contributed by atoms with Gasteiger partial charge in [0.2, 0.25) is 0 Å². The van der Waals surface area contributed by atoms with E-state index in [9.17, 15) is 0 Å². The van der Waals surface area contributed by atoms with Crippen molar-refractivity contribution in [1.82, 2.24) is 20.9 Å². The fraction of sp³-hybridized carbons (Fsp3) is 1.00. The van der Waals surface area contributed by atoms with Crippen molar-refractivity contribution < 1.29 is 4.74 Å². The van der Waals surface area contributed by atoms with Crippen molar-refractivity contribution >= 4 is 0 Å². The van der Waals surface area contributed by atoms with E-state index in [4.69, 9.17) is 4.74 Å². The first-order valence-electron chi connectivity index (χ1n) is 8.39. The molecule has 2 aliphatic heterocycles. The molecule has 5 nitrogen and oxygen atoms in total. The van der Waals surface area contributed by atoms with Gasteiger partial charge in [0.05, 0.1) is 0 Å². The summed E-state index contributed by atoms with van der Waals surface area (Å²) in [7, 11) is 2.07. The number of ether oxygens (including phenoxy) is 1. The Morgan fingerprint density at radius 1 is 1.00 bits per heavy atom. The molecule has 20 heavy (non-hydrogen) atoms. The third kappa shape index (κ3) is 4.15. The van der Waals surface area contributed by atoms with E-state index >= 15 is 0 Å². The van der Waals surface area contributed by atoms with E-state index in [2.05, 4.69) is 27.9 Å². The van der Waals surface area contributed by atoms with Gasteiger partial charge < -0.3 is 15.0 Å². The molecule has 0 aromatic rings. The minimum Gasteiger partial charge on any atom is -0.337 e. The van der Waals surface area contributed by atoms with Gasteiger partial charge in [-0.15, -0.1) is 0 Å². The minimum absolute atomic E-state index is 0.250. The SMILES string of the molecule is CNC1CCC(NC2OC2NCCN2CCCC2)CC1. The molecule has 0 spiro atoms. The summed E-state index contributed by atoms with van der Waals surface area (Å²) < 4.78 is 5.68. The van der Waals surface area contributed by atoms with E-state index in [1.54, 1.807) is 0 Å². The minimum atomic E-state index is 0.250. The second kappa shape index (κ2) is 7.18. The third-order valence-corrected chi connectivity index (χ3v) is 5.00. The fourth-order valence-corrected chi connectivity index (χ4v) is 3.55. The predicted octanol–water partition coefficient (Wildman–Crippen LogP) is 0.474. The van der Waals surface area contributed by atoms with Crippen LogP contribution < -0.4 is 16.0 Å². The van der Waals surface area contributed by atoms with Crippen LogP contribution in [0.15, 0.2) is 0 Å². The molecule has 116 valence electrons. The number of likely N-dealkylation sites (tertiary alicyclic amines) is 1. The smallest absolute Gasteiger partial charge is 0.150 e. The molecule has 0 radical (unpaired) electrons. The number of hydrogen-bond acceptors (Lipinski definition) is 5. The lowest BCUT2D eigenvalue weighted by Gasteiger charge is -2.28. The van der Waals surface area contributed by atoms with Gasteiger partial charge in [0.25, 0.3) is 0 Å². The number of nitrogens with one attached hydrogen (secondary N) is 3. The predicted molar refractivity (Wildman–Crippen MR) is 80.6 cm³/mol. The summed E-state index contributed by atoms with van der Waals surface area (Å²) in [4.78, 5) is 2.54. The zero-order chi connectivity index (χ0) is 13.8. The molecule has 3 aliphatic rings. The van der Waals surface area contributed by atoms with E-state index in [-0.39, 0.29) is 12.5 Å². The summed E-state index contributed by atoms with van der Waals surface area (Å²) in [5.74, 6) is 0. The van der Waals surface area contributed by atoms with Crippen LogP contribution in [0, 0.1) is 0 Å². The van der Waals surface area contributed by atoms with Crippen LogP contribution in [0.3, 0.4) is 0 Å². The maximum atomic E-state index is 5.68. The first kappa shape index (κ1) is 14.7. The van der Waals surface area contributed by atoms with Gasteiger partial charge >= 0.3 is 0 Å². The van der Waals surface area contributed by atoms with Crippen molar-refractivity contribution in [1.29, 1.82) is 0 Å². The highest BCUT2D eigenvalue weighted by molar-refractivity contribution is 4.87. The lowest BCUT2D eigenvalue weighted by molar-refractivity contribution is 0.267. The summed E-state index contributed by atoms with van der Waals surface area (Å²) in [6, 6.07) is 1.37. The van der Waals surface area contributed by atoms with Crippen molar-refractivity contribution in [3.8, 4) is 0 Å². The Labute approximate surface area is 122 Å². The Hall–Kier alpha value is -0.200. The second-order valence-electron chi connectivity index (χ2n) is 6.48. The lowest BCUT2D eigenvalue weighted by Crippen LogP contribution is -2.41. The molecular weight excluding hydrogens is 252 g/mol. The highest BCUT2D eigenvalue weighted by Crippen LogP contribution is 2.23. The van der Waals surface area contributed by atoms with Crippen LogP contribution in [-0.4, -0.2) is 62.7 Å². The van der Waals surface area contributed by atoms with E-state index in [0.29, 0.717) is 6.04 Å². The molecule has 1 saturated carbocycles. The van der Waals surface area contributed by atoms with Crippen molar-refractivity contribution in [2.45, 2.75) is 63.1 Å². The molecule has 2 atom stereocenters. The topological polar surface area (TPSA) is 51.9 Å². The third-order valence-electron chi connectivity index (χ3n) is 5.00. The monoisotopic (exact) mass is 282 g/mol. The number of rotatable bonds is 7. The Kier molecular flexibility index (Phi) is 5.29. The highest BCUT2D eigenvalue weighted by atomic mass is 16.6. The molecule has 0 aromatic heterocycles. The normalized spacial score (nSPS) is 38.2. The maximum absolute atomic E-state index is 5.68. The van der Waals surface area contributed by atoms with Crippen molar-refractivity contribution in [2.24, 2.45) is 0 Å². The van der Waals surface area contributed by atoms with E-state index in [1.165, 1.54) is 58.2 Å². The van der Waals surface area contributed by atoms with Gasteiger partial charge in [0, 0.05) is 25.2 Å². The summed E-state index contributed by atoms with van der Waals surface area (Å²) in [5.41, 5.74) is 0. The molecule has 2 saturated heterocycles. The lowest BCUT2D eigenvalue weighted by atomic mass is 9.91. The van der Waals surface area contributed by atoms with Gasteiger partial charge in [-0.3, -0.25) is 10.6 Å². The van der Waals surface area contributed by atoms with Gasteiger partial charge in [-0.2, -0.15) is 0 Å². The van der Waals surface area contributed by atoms with Gasteiger partial charge in [-0.05, 0) is 58.7 Å². The van der Waals surface area contributed by atoms with Crippen LogP contribution in [0.5, 0.6) is 0 Å². The Balaban J connectivity index is 1.24. The maximum Gasteiger partial charge on any atom is 0.150 e. The first-order chi connectivity index (χ1) is 9.85. The number of nitrogens with zero attached hydrogens (tertiary/aromatic N) is 1. The van der Waals surface area contributed by atoms with Crippen LogP contribution in [-0.2, 0) is 4.74 Å².